The number of carbonyl (C=O) groups is 1. The number of hydrogen-bond acceptors (Lipinski definition) is 2. The summed E-state index contributed by atoms with van der Waals surface area (Å²) in [6.45, 7) is 4.01. The third-order valence-electron chi connectivity index (χ3n) is 3.94. The quantitative estimate of drug-likeness (QED) is 0.557. The number of aromatic amines is 1. The van der Waals surface area contributed by atoms with Gasteiger partial charge in [-0.25, -0.2) is 5.43 Å². The standard InChI is InChI=1S/C19H19N3O/c1-3-14-8-10-15(11-9-14)13(2)21-22-19(23)17-12-20-18-7-5-4-6-16(17)18/h4-12,20H,3H2,1-2H3,(H,22,23)/b21-13+. The lowest BCUT2D eigenvalue weighted by Gasteiger charge is -2.04. The fourth-order valence-corrected chi connectivity index (χ4v) is 2.50. The van der Waals surface area contributed by atoms with Crippen LogP contribution < -0.4 is 5.43 Å². The molecule has 2 aromatic carbocycles. The lowest BCUT2D eigenvalue weighted by atomic mass is 10.1. The van der Waals surface area contributed by atoms with E-state index in [1.165, 1.54) is 5.56 Å². The predicted octanol–water partition coefficient (Wildman–Crippen LogP) is 3.88. The number of nitrogens with zero attached hydrogens (tertiary/aromatic N) is 1. The molecular weight excluding hydrogens is 286 g/mol. The second-order valence-electron chi connectivity index (χ2n) is 5.44. The average molecular weight is 305 g/mol. The first-order valence-corrected chi connectivity index (χ1v) is 7.69. The molecule has 0 saturated heterocycles. The summed E-state index contributed by atoms with van der Waals surface area (Å²) in [4.78, 5) is 15.4. The molecule has 0 bridgehead atoms. The molecule has 2 N–H and O–H groups in total. The van der Waals surface area contributed by atoms with Gasteiger partial charge in [0, 0.05) is 17.1 Å². The Morgan fingerprint density at radius 3 is 2.61 bits per heavy atom. The zero-order chi connectivity index (χ0) is 16.2. The largest absolute Gasteiger partial charge is 0.360 e. The molecular formula is C19H19N3O. The molecule has 4 nitrogen and oxygen atoms in total. The minimum absolute atomic E-state index is 0.216. The predicted molar refractivity (Wildman–Crippen MR) is 93.8 cm³/mol. The van der Waals surface area contributed by atoms with E-state index in [-0.39, 0.29) is 5.91 Å². The van der Waals surface area contributed by atoms with Crippen LogP contribution in [-0.2, 0) is 6.42 Å². The number of para-hydroxylation sites is 1. The normalized spacial score (nSPS) is 11.7. The van der Waals surface area contributed by atoms with Gasteiger partial charge in [0.2, 0.25) is 0 Å². The Hall–Kier alpha value is -2.88. The van der Waals surface area contributed by atoms with E-state index in [9.17, 15) is 4.79 Å². The van der Waals surface area contributed by atoms with Crippen LogP contribution in [0.15, 0.2) is 59.8 Å². The fourth-order valence-electron chi connectivity index (χ4n) is 2.50. The zero-order valence-electron chi connectivity index (χ0n) is 13.3. The van der Waals surface area contributed by atoms with Gasteiger partial charge in [0.25, 0.3) is 5.91 Å². The van der Waals surface area contributed by atoms with Crippen molar-refractivity contribution in [2.24, 2.45) is 5.10 Å². The van der Waals surface area contributed by atoms with Gasteiger partial charge in [0.1, 0.15) is 0 Å². The first-order valence-electron chi connectivity index (χ1n) is 7.69. The molecule has 3 aromatic rings. The number of H-pyrrole nitrogens is 1. The van der Waals surface area contributed by atoms with Gasteiger partial charge in [0.05, 0.1) is 11.3 Å². The van der Waals surface area contributed by atoms with Gasteiger partial charge < -0.3 is 4.98 Å². The summed E-state index contributed by atoms with van der Waals surface area (Å²) < 4.78 is 0. The lowest BCUT2D eigenvalue weighted by molar-refractivity contribution is 0.0956. The third kappa shape index (κ3) is 3.16. The van der Waals surface area contributed by atoms with Crippen LogP contribution in [-0.4, -0.2) is 16.6 Å². The summed E-state index contributed by atoms with van der Waals surface area (Å²) in [5.41, 5.74) is 7.23. The summed E-state index contributed by atoms with van der Waals surface area (Å²) in [6.07, 6.45) is 2.72. The van der Waals surface area contributed by atoms with E-state index >= 15 is 0 Å². The molecule has 0 aliphatic carbocycles. The molecule has 0 spiro atoms. The maximum Gasteiger partial charge on any atom is 0.273 e. The molecule has 0 aliphatic rings. The van der Waals surface area contributed by atoms with Crippen molar-refractivity contribution in [2.45, 2.75) is 20.3 Å². The van der Waals surface area contributed by atoms with E-state index in [2.05, 4.69) is 34.6 Å². The van der Waals surface area contributed by atoms with E-state index in [0.29, 0.717) is 5.56 Å². The molecule has 0 radical (unpaired) electrons. The van der Waals surface area contributed by atoms with Gasteiger partial charge in [-0.15, -0.1) is 0 Å². The highest BCUT2D eigenvalue weighted by atomic mass is 16.2. The van der Waals surface area contributed by atoms with Gasteiger partial charge in [-0.2, -0.15) is 5.10 Å². The summed E-state index contributed by atoms with van der Waals surface area (Å²) in [5.74, 6) is -0.216. The van der Waals surface area contributed by atoms with Crippen molar-refractivity contribution in [3.05, 3.63) is 71.4 Å². The Morgan fingerprint density at radius 1 is 1.13 bits per heavy atom. The number of carbonyl (C=O) groups excluding carboxylic acids is 1. The van der Waals surface area contributed by atoms with Gasteiger partial charge >= 0.3 is 0 Å². The van der Waals surface area contributed by atoms with Crippen molar-refractivity contribution in [1.29, 1.82) is 0 Å². The number of amides is 1. The molecule has 0 fully saturated rings. The number of rotatable bonds is 4. The van der Waals surface area contributed by atoms with E-state index in [0.717, 1.165) is 28.6 Å². The summed E-state index contributed by atoms with van der Waals surface area (Å²) in [5, 5.41) is 5.11. The molecule has 0 saturated carbocycles. The van der Waals surface area contributed by atoms with Crippen molar-refractivity contribution in [3.63, 3.8) is 0 Å². The smallest absolute Gasteiger partial charge is 0.273 e. The number of aryl methyl sites for hydroxylation is 1. The first kappa shape index (κ1) is 15.0. The highest BCUT2D eigenvalue weighted by Gasteiger charge is 2.11. The van der Waals surface area contributed by atoms with Gasteiger partial charge in [-0.1, -0.05) is 49.4 Å². The summed E-state index contributed by atoms with van der Waals surface area (Å²) >= 11 is 0. The number of aromatic nitrogens is 1. The van der Waals surface area contributed by atoms with Crippen LogP contribution in [0, 0.1) is 0 Å². The Morgan fingerprint density at radius 2 is 1.87 bits per heavy atom. The van der Waals surface area contributed by atoms with Crippen LogP contribution in [0.2, 0.25) is 0 Å². The molecule has 1 aromatic heterocycles. The second kappa shape index (κ2) is 6.48. The third-order valence-corrected chi connectivity index (χ3v) is 3.94. The van der Waals surface area contributed by atoms with E-state index in [4.69, 9.17) is 0 Å². The molecule has 1 heterocycles. The maximum absolute atomic E-state index is 12.3. The van der Waals surface area contributed by atoms with E-state index in [1.807, 2.05) is 43.3 Å². The topological polar surface area (TPSA) is 57.2 Å². The van der Waals surface area contributed by atoms with Crippen LogP contribution in [0.3, 0.4) is 0 Å². The SMILES string of the molecule is CCc1ccc(/C(C)=N/NC(=O)c2c[nH]c3ccccc23)cc1. The zero-order valence-corrected chi connectivity index (χ0v) is 13.3. The Labute approximate surface area is 135 Å². The van der Waals surface area contributed by atoms with Crippen LogP contribution >= 0.6 is 0 Å². The van der Waals surface area contributed by atoms with Crippen molar-refractivity contribution in [2.75, 3.05) is 0 Å². The number of hydrazone groups is 1. The molecule has 23 heavy (non-hydrogen) atoms. The Kier molecular flexibility index (Phi) is 4.24. The minimum Gasteiger partial charge on any atom is -0.360 e. The van der Waals surface area contributed by atoms with E-state index in [1.54, 1.807) is 6.20 Å². The number of nitrogens with one attached hydrogen (secondary N) is 2. The summed E-state index contributed by atoms with van der Waals surface area (Å²) in [6, 6.07) is 15.9. The molecule has 0 aliphatic heterocycles. The average Bonchev–Trinajstić information content (AvgIpc) is 3.03. The van der Waals surface area contributed by atoms with Crippen LogP contribution in [0.5, 0.6) is 0 Å². The summed E-state index contributed by atoms with van der Waals surface area (Å²) in [7, 11) is 0. The number of fused-ring (bicyclic) bond motifs is 1. The Bertz CT molecular complexity index is 860. The highest BCUT2D eigenvalue weighted by molar-refractivity contribution is 6.07. The van der Waals surface area contributed by atoms with Crippen LogP contribution in [0.1, 0.15) is 35.3 Å². The molecule has 116 valence electrons. The van der Waals surface area contributed by atoms with Crippen LogP contribution in [0.25, 0.3) is 10.9 Å². The van der Waals surface area contributed by atoms with Gasteiger partial charge in [0.15, 0.2) is 0 Å². The highest BCUT2D eigenvalue weighted by Crippen LogP contribution is 2.17. The molecule has 4 heteroatoms. The van der Waals surface area contributed by atoms with Gasteiger partial charge in [-0.3, -0.25) is 4.79 Å². The van der Waals surface area contributed by atoms with Crippen molar-refractivity contribution in [3.8, 4) is 0 Å². The minimum atomic E-state index is -0.216. The monoisotopic (exact) mass is 305 g/mol. The Balaban J connectivity index is 1.76. The second-order valence-corrected chi connectivity index (χ2v) is 5.44. The van der Waals surface area contributed by atoms with Crippen molar-refractivity contribution in [1.82, 2.24) is 10.4 Å². The molecule has 0 unspecified atom stereocenters. The maximum atomic E-state index is 12.3. The lowest BCUT2D eigenvalue weighted by Crippen LogP contribution is -2.19. The molecule has 0 atom stereocenters. The number of benzene rings is 2. The van der Waals surface area contributed by atoms with Gasteiger partial charge in [-0.05, 0) is 30.5 Å². The molecule has 1 amide bonds. The van der Waals surface area contributed by atoms with Crippen LogP contribution in [0.4, 0.5) is 0 Å². The van der Waals surface area contributed by atoms with E-state index < -0.39 is 0 Å². The first-order chi connectivity index (χ1) is 11.2. The molecule has 3 rings (SSSR count). The fraction of sp³-hybridized carbons (Fsp3) is 0.158. The van der Waals surface area contributed by atoms with Crippen molar-refractivity contribution >= 4 is 22.5 Å². The van der Waals surface area contributed by atoms with Crippen molar-refractivity contribution < 1.29 is 4.79 Å². The number of hydrogen-bond donors (Lipinski definition) is 2.